The van der Waals surface area contributed by atoms with E-state index in [1.165, 1.54) is 0 Å². The Kier molecular flexibility index (Phi) is 6.43. The Morgan fingerprint density at radius 3 is 2.80 bits per heavy atom. The van der Waals surface area contributed by atoms with Gasteiger partial charge in [-0.2, -0.15) is 0 Å². The fraction of sp³-hybridized carbons (Fsp3) is 0.857. The molecule has 0 heterocycles. The Hall–Kier alpha value is -0.410. The van der Waals surface area contributed by atoms with Crippen molar-refractivity contribution < 1.29 is 0 Å². The maximum atomic E-state index is 5.59. The van der Waals surface area contributed by atoms with Gasteiger partial charge < -0.3 is 11.5 Å². The standard InChI is InChI=1S/C7H17N3/c1-2-6-10-7(9)4-3-5-8/h6-7H,2-5,8-9H2,1H3. The molecule has 0 saturated carbocycles. The Labute approximate surface area is 62.5 Å². The third kappa shape index (κ3) is 5.72. The van der Waals surface area contributed by atoms with E-state index in [2.05, 4.69) is 4.99 Å². The zero-order valence-corrected chi connectivity index (χ0v) is 6.59. The summed E-state index contributed by atoms with van der Waals surface area (Å²) >= 11 is 0. The van der Waals surface area contributed by atoms with Gasteiger partial charge in [0.05, 0.1) is 6.17 Å². The van der Waals surface area contributed by atoms with Crippen molar-refractivity contribution in [3.8, 4) is 0 Å². The van der Waals surface area contributed by atoms with Crippen LogP contribution in [0.2, 0.25) is 0 Å². The van der Waals surface area contributed by atoms with Crippen LogP contribution in [-0.4, -0.2) is 18.9 Å². The number of rotatable bonds is 5. The van der Waals surface area contributed by atoms with Gasteiger partial charge in [-0.15, -0.1) is 0 Å². The van der Waals surface area contributed by atoms with Gasteiger partial charge in [0.2, 0.25) is 0 Å². The fourth-order valence-electron chi connectivity index (χ4n) is 0.642. The Balaban J connectivity index is 3.24. The molecule has 4 N–H and O–H groups in total. The fourth-order valence-corrected chi connectivity index (χ4v) is 0.642. The van der Waals surface area contributed by atoms with Crippen molar-refractivity contribution in [1.82, 2.24) is 0 Å². The molecule has 0 aromatic carbocycles. The van der Waals surface area contributed by atoms with E-state index in [1.807, 2.05) is 13.1 Å². The molecule has 0 radical (unpaired) electrons. The Bertz CT molecular complexity index is 90.9. The van der Waals surface area contributed by atoms with Crippen LogP contribution in [0.1, 0.15) is 26.2 Å². The van der Waals surface area contributed by atoms with E-state index in [0.717, 1.165) is 19.3 Å². The number of hydrogen-bond donors (Lipinski definition) is 2. The van der Waals surface area contributed by atoms with Gasteiger partial charge in [0.25, 0.3) is 0 Å². The summed E-state index contributed by atoms with van der Waals surface area (Å²) in [6.45, 7) is 2.74. The molecule has 1 unspecified atom stereocenters. The second-order valence-corrected chi connectivity index (χ2v) is 2.24. The molecule has 0 aromatic rings. The van der Waals surface area contributed by atoms with Crippen LogP contribution in [0.4, 0.5) is 0 Å². The van der Waals surface area contributed by atoms with Crippen LogP contribution in [0.15, 0.2) is 4.99 Å². The summed E-state index contributed by atoms with van der Waals surface area (Å²) in [4.78, 5) is 4.08. The first-order valence-corrected chi connectivity index (χ1v) is 3.78. The van der Waals surface area contributed by atoms with E-state index in [0.29, 0.717) is 6.54 Å². The van der Waals surface area contributed by atoms with Gasteiger partial charge in [-0.3, -0.25) is 4.99 Å². The molecule has 0 saturated heterocycles. The van der Waals surface area contributed by atoms with Crippen LogP contribution in [0.3, 0.4) is 0 Å². The Morgan fingerprint density at radius 1 is 1.60 bits per heavy atom. The lowest BCUT2D eigenvalue weighted by Gasteiger charge is -2.02. The minimum atomic E-state index is -0.0384. The quantitative estimate of drug-likeness (QED) is 0.550. The van der Waals surface area contributed by atoms with Gasteiger partial charge in [0.1, 0.15) is 0 Å². The summed E-state index contributed by atoms with van der Waals surface area (Å²) in [5.74, 6) is 0. The lowest BCUT2D eigenvalue weighted by atomic mass is 10.3. The molecule has 0 rings (SSSR count). The first kappa shape index (κ1) is 9.59. The van der Waals surface area contributed by atoms with E-state index in [1.54, 1.807) is 0 Å². The minimum absolute atomic E-state index is 0.0384. The largest absolute Gasteiger partial charge is 0.330 e. The van der Waals surface area contributed by atoms with Gasteiger partial charge in [0.15, 0.2) is 0 Å². The molecule has 1 atom stereocenters. The predicted molar refractivity (Wildman–Crippen MR) is 45.0 cm³/mol. The second kappa shape index (κ2) is 6.71. The van der Waals surface area contributed by atoms with Crippen molar-refractivity contribution >= 4 is 6.21 Å². The van der Waals surface area contributed by atoms with Crippen molar-refractivity contribution in [2.45, 2.75) is 32.4 Å². The zero-order chi connectivity index (χ0) is 7.82. The van der Waals surface area contributed by atoms with Crippen LogP contribution < -0.4 is 11.5 Å². The van der Waals surface area contributed by atoms with Crippen LogP contribution >= 0.6 is 0 Å². The molecule has 0 aliphatic heterocycles. The van der Waals surface area contributed by atoms with Gasteiger partial charge in [-0.1, -0.05) is 6.92 Å². The smallest absolute Gasteiger partial charge is 0.0965 e. The maximum absolute atomic E-state index is 5.59. The van der Waals surface area contributed by atoms with E-state index in [9.17, 15) is 0 Å². The van der Waals surface area contributed by atoms with E-state index < -0.39 is 0 Å². The van der Waals surface area contributed by atoms with Crippen molar-refractivity contribution in [1.29, 1.82) is 0 Å². The van der Waals surface area contributed by atoms with Crippen LogP contribution in [0, 0.1) is 0 Å². The summed E-state index contributed by atoms with van der Waals surface area (Å²) < 4.78 is 0. The molecule has 3 nitrogen and oxygen atoms in total. The molecule has 10 heavy (non-hydrogen) atoms. The summed E-state index contributed by atoms with van der Waals surface area (Å²) in [7, 11) is 0. The molecular formula is C7H17N3. The zero-order valence-electron chi connectivity index (χ0n) is 6.59. The summed E-state index contributed by atoms with van der Waals surface area (Å²) in [5, 5.41) is 0. The lowest BCUT2D eigenvalue weighted by molar-refractivity contribution is 0.612. The molecule has 0 aliphatic rings. The molecule has 0 bridgehead atoms. The van der Waals surface area contributed by atoms with Crippen LogP contribution in [-0.2, 0) is 0 Å². The highest BCUT2D eigenvalue weighted by Gasteiger charge is 1.94. The third-order valence-corrected chi connectivity index (χ3v) is 1.18. The van der Waals surface area contributed by atoms with E-state index in [-0.39, 0.29) is 6.17 Å². The number of nitrogens with two attached hydrogens (primary N) is 2. The number of hydrogen-bond acceptors (Lipinski definition) is 3. The van der Waals surface area contributed by atoms with Crippen molar-refractivity contribution in [3.05, 3.63) is 0 Å². The summed E-state index contributed by atoms with van der Waals surface area (Å²) in [6.07, 6.45) is 4.62. The highest BCUT2D eigenvalue weighted by molar-refractivity contribution is 5.56. The first-order chi connectivity index (χ1) is 4.81. The highest BCUT2D eigenvalue weighted by atomic mass is 14.9. The van der Waals surface area contributed by atoms with Crippen LogP contribution in [0.5, 0.6) is 0 Å². The van der Waals surface area contributed by atoms with Crippen molar-refractivity contribution in [2.24, 2.45) is 16.5 Å². The first-order valence-electron chi connectivity index (χ1n) is 3.78. The van der Waals surface area contributed by atoms with Gasteiger partial charge in [-0.05, 0) is 25.8 Å². The molecule has 0 aromatic heterocycles. The van der Waals surface area contributed by atoms with Crippen molar-refractivity contribution in [2.75, 3.05) is 6.54 Å². The molecule has 0 amide bonds. The van der Waals surface area contributed by atoms with E-state index in [4.69, 9.17) is 11.5 Å². The lowest BCUT2D eigenvalue weighted by Crippen LogP contribution is -2.18. The molecule has 0 spiro atoms. The average Bonchev–Trinajstić information content (AvgIpc) is 1.97. The average molecular weight is 143 g/mol. The van der Waals surface area contributed by atoms with Gasteiger partial charge in [0, 0.05) is 6.21 Å². The Morgan fingerprint density at radius 2 is 2.30 bits per heavy atom. The molecule has 0 aliphatic carbocycles. The third-order valence-electron chi connectivity index (χ3n) is 1.18. The second-order valence-electron chi connectivity index (χ2n) is 2.24. The normalized spacial score (nSPS) is 14.3. The summed E-state index contributed by atoms with van der Waals surface area (Å²) in [5.41, 5.74) is 10.9. The monoisotopic (exact) mass is 143 g/mol. The van der Waals surface area contributed by atoms with Crippen LogP contribution in [0.25, 0.3) is 0 Å². The van der Waals surface area contributed by atoms with E-state index >= 15 is 0 Å². The number of nitrogens with zero attached hydrogens (tertiary/aromatic N) is 1. The highest BCUT2D eigenvalue weighted by Crippen LogP contribution is 1.92. The minimum Gasteiger partial charge on any atom is -0.330 e. The topological polar surface area (TPSA) is 64.4 Å². The SMILES string of the molecule is CCC=NC(N)CCCN. The number of aliphatic imine (C=N–C) groups is 1. The molecule has 3 heteroatoms. The van der Waals surface area contributed by atoms with Gasteiger partial charge >= 0.3 is 0 Å². The van der Waals surface area contributed by atoms with Crippen molar-refractivity contribution in [3.63, 3.8) is 0 Å². The molecule has 0 fully saturated rings. The summed E-state index contributed by atoms with van der Waals surface area (Å²) in [6, 6.07) is 0. The maximum Gasteiger partial charge on any atom is 0.0965 e. The molecule has 60 valence electrons. The molecular weight excluding hydrogens is 126 g/mol. The predicted octanol–water partition coefficient (Wildman–Crippen LogP) is 0.491. The van der Waals surface area contributed by atoms with Gasteiger partial charge in [-0.25, -0.2) is 0 Å².